The number of carbonyl (C=O) groups is 1. The van der Waals surface area contributed by atoms with Gasteiger partial charge in [0.1, 0.15) is 17.1 Å². The molecule has 0 saturated carbocycles. The van der Waals surface area contributed by atoms with E-state index in [1.807, 2.05) is 24.3 Å². The Kier molecular flexibility index (Phi) is 4.79. The Bertz CT molecular complexity index is 961. The number of aryl methyl sites for hydroxylation is 2. The van der Waals surface area contributed by atoms with Crippen LogP contribution in [0.2, 0.25) is 0 Å². The summed E-state index contributed by atoms with van der Waals surface area (Å²) >= 11 is 0. The van der Waals surface area contributed by atoms with Crippen molar-refractivity contribution in [1.29, 1.82) is 0 Å². The minimum absolute atomic E-state index is 0.0893. The largest absolute Gasteiger partial charge is 0.506 e. The van der Waals surface area contributed by atoms with Crippen molar-refractivity contribution in [3.05, 3.63) is 46.8 Å². The molecule has 0 amide bonds. The Labute approximate surface area is 151 Å². The van der Waals surface area contributed by atoms with Gasteiger partial charge in [-0.1, -0.05) is 12.1 Å². The molecule has 7 nitrogen and oxygen atoms in total. The van der Waals surface area contributed by atoms with Crippen LogP contribution in [0.1, 0.15) is 34.2 Å². The number of rotatable bonds is 5. The van der Waals surface area contributed by atoms with Crippen LogP contribution in [-0.2, 0) is 11.3 Å². The summed E-state index contributed by atoms with van der Waals surface area (Å²) in [5, 5.41) is 15.6. The number of fused-ring (bicyclic) bond motifs is 1. The van der Waals surface area contributed by atoms with Crippen LogP contribution in [0, 0.1) is 13.8 Å². The van der Waals surface area contributed by atoms with E-state index in [2.05, 4.69) is 10.1 Å². The van der Waals surface area contributed by atoms with Crippen molar-refractivity contribution < 1.29 is 19.4 Å². The fourth-order valence-electron chi connectivity index (χ4n) is 2.93. The fourth-order valence-corrected chi connectivity index (χ4v) is 2.93. The molecule has 7 heteroatoms. The minimum atomic E-state index is -0.584. The summed E-state index contributed by atoms with van der Waals surface area (Å²) in [6.45, 7) is 5.88. The van der Waals surface area contributed by atoms with Crippen molar-refractivity contribution in [3.8, 4) is 11.5 Å². The number of esters is 1. The van der Waals surface area contributed by atoms with Gasteiger partial charge in [0.05, 0.1) is 37.0 Å². The van der Waals surface area contributed by atoms with Gasteiger partial charge in [-0.05, 0) is 38.5 Å². The summed E-state index contributed by atoms with van der Waals surface area (Å²) in [5.41, 5.74) is 2.64. The molecular weight excluding hydrogens is 334 g/mol. The van der Waals surface area contributed by atoms with Crippen LogP contribution in [-0.4, -0.2) is 39.6 Å². The number of hydrogen-bond acceptors (Lipinski definition) is 6. The first kappa shape index (κ1) is 17.7. The van der Waals surface area contributed by atoms with Crippen molar-refractivity contribution >= 4 is 17.0 Å². The second kappa shape index (κ2) is 7.03. The number of pyridine rings is 1. The molecule has 3 rings (SSSR count). The highest BCUT2D eigenvalue weighted by molar-refractivity contribution is 6.00. The average molecular weight is 355 g/mol. The predicted molar refractivity (Wildman–Crippen MR) is 96.7 cm³/mol. The Morgan fingerprint density at radius 2 is 1.88 bits per heavy atom. The number of aromatic nitrogens is 3. The van der Waals surface area contributed by atoms with Gasteiger partial charge in [-0.2, -0.15) is 5.10 Å². The molecule has 1 aromatic carbocycles. The van der Waals surface area contributed by atoms with Gasteiger partial charge in [-0.15, -0.1) is 0 Å². The predicted octanol–water partition coefficient (Wildman–Crippen LogP) is 2.99. The first-order valence-electron chi connectivity index (χ1n) is 8.33. The summed E-state index contributed by atoms with van der Waals surface area (Å²) in [5.74, 6) is 0.0598. The third kappa shape index (κ3) is 3.08. The fraction of sp³-hybridized carbons (Fsp3) is 0.316. The molecule has 0 saturated heterocycles. The molecule has 0 fully saturated rings. The van der Waals surface area contributed by atoms with Crippen LogP contribution in [0.5, 0.6) is 11.5 Å². The van der Waals surface area contributed by atoms with Crippen LogP contribution >= 0.6 is 0 Å². The third-order valence-corrected chi connectivity index (χ3v) is 4.18. The van der Waals surface area contributed by atoms with Crippen molar-refractivity contribution in [2.24, 2.45) is 0 Å². The Hall–Kier alpha value is -3.09. The van der Waals surface area contributed by atoms with Crippen LogP contribution in [0.15, 0.2) is 24.3 Å². The highest BCUT2D eigenvalue weighted by atomic mass is 16.5. The standard InChI is InChI=1S/C19H21N3O4/c1-5-26-19(24)16-11(2)20-18-15(17(16)23)12(3)21-22(18)10-13-6-8-14(25-4)9-7-13/h6-9H,5,10H2,1-4H3,(H,20,23). The van der Waals surface area contributed by atoms with E-state index in [1.165, 1.54) is 0 Å². The van der Waals surface area contributed by atoms with Gasteiger partial charge in [0, 0.05) is 0 Å². The Morgan fingerprint density at radius 1 is 1.19 bits per heavy atom. The zero-order valence-electron chi connectivity index (χ0n) is 15.2. The van der Waals surface area contributed by atoms with Gasteiger partial charge in [-0.3, -0.25) is 0 Å². The van der Waals surface area contributed by atoms with Gasteiger partial charge in [-0.25, -0.2) is 14.5 Å². The van der Waals surface area contributed by atoms with E-state index in [-0.39, 0.29) is 17.9 Å². The van der Waals surface area contributed by atoms with Crippen molar-refractivity contribution in [2.75, 3.05) is 13.7 Å². The smallest absolute Gasteiger partial charge is 0.343 e. The van der Waals surface area contributed by atoms with Gasteiger partial charge in [0.15, 0.2) is 5.65 Å². The SMILES string of the molecule is CCOC(=O)c1c(C)nc2c(c(C)nn2Cc2ccc(OC)cc2)c1O. The highest BCUT2D eigenvalue weighted by Crippen LogP contribution is 2.32. The molecule has 136 valence electrons. The summed E-state index contributed by atoms with van der Waals surface area (Å²) in [4.78, 5) is 16.6. The number of carbonyl (C=O) groups excluding carboxylic acids is 1. The molecule has 0 aliphatic heterocycles. The minimum Gasteiger partial charge on any atom is -0.506 e. The van der Waals surface area contributed by atoms with Gasteiger partial charge in [0.2, 0.25) is 0 Å². The van der Waals surface area contributed by atoms with E-state index in [0.29, 0.717) is 29.0 Å². The summed E-state index contributed by atoms with van der Waals surface area (Å²) < 4.78 is 11.9. The zero-order chi connectivity index (χ0) is 18.8. The van der Waals surface area contributed by atoms with Crippen LogP contribution in [0.25, 0.3) is 11.0 Å². The number of ether oxygens (including phenoxy) is 2. The number of hydrogen-bond donors (Lipinski definition) is 1. The Balaban J connectivity index is 2.07. The molecule has 0 radical (unpaired) electrons. The third-order valence-electron chi connectivity index (χ3n) is 4.18. The van der Waals surface area contributed by atoms with Crippen LogP contribution in [0.4, 0.5) is 0 Å². The molecule has 0 bridgehead atoms. The van der Waals surface area contributed by atoms with E-state index < -0.39 is 5.97 Å². The second-order valence-electron chi connectivity index (χ2n) is 5.93. The number of nitrogens with zero attached hydrogens (tertiary/aromatic N) is 3. The maximum absolute atomic E-state index is 12.1. The van der Waals surface area contributed by atoms with Crippen LogP contribution in [0.3, 0.4) is 0 Å². The van der Waals surface area contributed by atoms with E-state index in [4.69, 9.17) is 9.47 Å². The highest BCUT2D eigenvalue weighted by Gasteiger charge is 2.24. The number of methoxy groups -OCH3 is 1. The monoisotopic (exact) mass is 355 g/mol. The lowest BCUT2D eigenvalue weighted by Crippen LogP contribution is -2.10. The number of aromatic hydroxyl groups is 1. The zero-order valence-corrected chi connectivity index (χ0v) is 15.2. The van der Waals surface area contributed by atoms with E-state index >= 15 is 0 Å². The molecule has 0 atom stereocenters. The normalized spacial score (nSPS) is 10.9. The maximum Gasteiger partial charge on any atom is 0.343 e. The summed E-state index contributed by atoms with van der Waals surface area (Å²) in [6.07, 6.45) is 0. The summed E-state index contributed by atoms with van der Waals surface area (Å²) in [7, 11) is 1.62. The lowest BCUT2D eigenvalue weighted by Gasteiger charge is -2.09. The molecule has 0 aliphatic carbocycles. The van der Waals surface area contributed by atoms with Gasteiger partial charge < -0.3 is 14.6 Å². The lowest BCUT2D eigenvalue weighted by atomic mass is 10.1. The van der Waals surface area contributed by atoms with Gasteiger partial charge >= 0.3 is 5.97 Å². The molecule has 26 heavy (non-hydrogen) atoms. The van der Waals surface area contributed by atoms with Gasteiger partial charge in [0.25, 0.3) is 0 Å². The molecule has 2 aromatic heterocycles. The quantitative estimate of drug-likeness (QED) is 0.708. The van der Waals surface area contributed by atoms with E-state index in [0.717, 1.165) is 11.3 Å². The number of benzene rings is 1. The molecular formula is C19H21N3O4. The van der Waals surface area contributed by atoms with Crippen molar-refractivity contribution in [2.45, 2.75) is 27.3 Å². The van der Waals surface area contributed by atoms with Crippen molar-refractivity contribution in [3.63, 3.8) is 0 Å². The molecule has 0 spiro atoms. The molecule has 0 unspecified atom stereocenters. The first-order chi connectivity index (χ1) is 12.5. The first-order valence-corrected chi connectivity index (χ1v) is 8.33. The summed E-state index contributed by atoms with van der Waals surface area (Å²) in [6, 6.07) is 7.65. The Morgan fingerprint density at radius 3 is 2.50 bits per heavy atom. The molecule has 0 aliphatic rings. The topological polar surface area (TPSA) is 86.5 Å². The average Bonchev–Trinajstić information content (AvgIpc) is 2.91. The van der Waals surface area contributed by atoms with E-state index in [9.17, 15) is 9.90 Å². The second-order valence-corrected chi connectivity index (χ2v) is 5.93. The van der Waals surface area contributed by atoms with Crippen molar-refractivity contribution in [1.82, 2.24) is 14.8 Å². The molecule has 1 N–H and O–H groups in total. The lowest BCUT2D eigenvalue weighted by molar-refractivity contribution is 0.0522. The van der Waals surface area contributed by atoms with E-state index in [1.54, 1.807) is 32.6 Å². The maximum atomic E-state index is 12.1. The molecule has 2 heterocycles. The molecule has 3 aromatic rings. The van der Waals surface area contributed by atoms with Crippen LogP contribution < -0.4 is 4.74 Å².